The maximum absolute atomic E-state index is 12.2. The first-order chi connectivity index (χ1) is 12.9. The Morgan fingerprint density at radius 1 is 1.19 bits per heavy atom. The molecule has 8 heteroatoms. The molecule has 3 rings (SSSR count). The summed E-state index contributed by atoms with van der Waals surface area (Å²) in [5.74, 6) is 0. The van der Waals surface area contributed by atoms with Crippen LogP contribution >= 0.6 is 11.6 Å². The van der Waals surface area contributed by atoms with Crippen molar-refractivity contribution in [3.63, 3.8) is 0 Å². The topological polar surface area (TPSA) is 74.3 Å². The van der Waals surface area contributed by atoms with E-state index in [0.717, 1.165) is 28.0 Å². The molecule has 27 heavy (non-hydrogen) atoms. The van der Waals surface area contributed by atoms with E-state index < -0.39 is 0 Å². The van der Waals surface area contributed by atoms with Crippen molar-refractivity contribution < 1.29 is 4.84 Å². The van der Waals surface area contributed by atoms with E-state index in [4.69, 9.17) is 16.4 Å². The molecule has 3 aromatic rings. The Kier molecular flexibility index (Phi) is 5.41. The molecule has 0 spiro atoms. The first-order valence-electron chi connectivity index (χ1n) is 8.40. The van der Waals surface area contributed by atoms with Gasteiger partial charge < -0.3 is 4.84 Å². The van der Waals surface area contributed by atoms with E-state index in [1.54, 1.807) is 13.1 Å². The molecule has 1 heterocycles. The van der Waals surface area contributed by atoms with E-state index in [-0.39, 0.29) is 12.3 Å². The smallest absolute Gasteiger partial charge is 0.368 e. The third-order valence-corrected chi connectivity index (χ3v) is 4.81. The van der Waals surface area contributed by atoms with E-state index in [0.29, 0.717) is 10.7 Å². The highest BCUT2D eigenvalue weighted by molar-refractivity contribution is 6.31. The summed E-state index contributed by atoms with van der Waals surface area (Å²) in [6.07, 6.45) is 0. The minimum atomic E-state index is -0.323. The summed E-state index contributed by atoms with van der Waals surface area (Å²) in [6.45, 7) is 5.95. The van der Waals surface area contributed by atoms with Crippen molar-refractivity contribution in [2.75, 3.05) is 0 Å². The molecule has 0 fully saturated rings. The van der Waals surface area contributed by atoms with Crippen molar-refractivity contribution in [1.82, 2.24) is 19.8 Å². The van der Waals surface area contributed by atoms with Gasteiger partial charge in [0.25, 0.3) is 0 Å². The number of halogens is 1. The zero-order valence-corrected chi connectivity index (χ0v) is 16.4. The van der Waals surface area contributed by atoms with Crippen molar-refractivity contribution >= 4 is 17.3 Å². The van der Waals surface area contributed by atoms with Gasteiger partial charge in [-0.3, -0.25) is 0 Å². The highest BCUT2D eigenvalue weighted by Gasteiger charge is 2.13. The van der Waals surface area contributed by atoms with E-state index in [9.17, 15) is 4.79 Å². The van der Waals surface area contributed by atoms with Crippen LogP contribution in [0.1, 0.15) is 29.2 Å². The fraction of sp³-hybridized carbons (Fsp3) is 0.263. The highest BCUT2D eigenvalue weighted by atomic mass is 35.5. The average molecular weight is 386 g/mol. The second kappa shape index (κ2) is 7.75. The lowest BCUT2D eigenvalue weighted by molar-refractivity contribution is 0.130. The van der Waals surface area contributed by atoms with Gasteiger partial charge in [0.15, 0.2) is 0 Å². The van der Waals surface area contributed by atoms with Crippen molar-refractivity contribution in [2.24, 2.45) is 12.2 Å². The zero-order chi connectivity index (χ0) is 19.6. The van der Waals surface area contributed by atoms with Crippen LogP contribution in [0, 0.1) is 13.8 Å². The van der Waals surface area contributed by atoms with Crippen molar-refractivity contribution in [3.05, 3.63) is 74.2 Å². The van der Waals surface area contributed by atoms with Gasteiger partial charge in [-0.05, 0) is 54.5 Å². The summed E-state index contributed by atoms with van der Waals surface area (Å²) in [4.78, 5) is 17.8. The molecule has 0 aliphatic rings. The van der Waals surface area contributed by atoms with E-state index in [1.165, 1.54) is 9.36 Å². The van der Waals surface area contributed by atoms with Crippen LogP contribution in [0.2, 0.25) is 5.02 Å². The van der Waals surface area contributed by atoms with Crippen LogP contribution < -0.4 is 5.69 Å². The molecule has 0 radical (unpaired) electrons. The fourth-order valence-electron chi connectivity index (χ4n) is 2.78. The van der Waals surface area contributed by atoms with Gasteiger partial charge in [0.2, 0.25) is 0 Å². The second-order valence-electron chi connectivity index (χ2n) is 6.23. The molecule has 0 amide bonds. The van der Waals surface area contributed by atoms with E-state index >= 15 is 0 Å². The number of tetrazole rings is 1. The summed E-state index contributed by atoms with van der Waals surface area (Å²) >= 11 is 6.17. The molecule has 0 saturated carbocycles. The Morgan fingerprint density at radius 3 is 2.63 bits per heavy atom. The number of aryl methyl sites for hydroxylation is 2. The third kappa shape index (κ3) is 3.78. The van der Waals surface area contributed by atoms with Crippen LogP contribution in [0.3, 0.4) is 0 Å². The minimum absolute atomic E-state index is 0.196. The van der Waals surface area contributed by atoms with Gasteiger partial charge in [0.05, 0.1) is 11.4 Å². The number of aromatic nitrogens is 4. The molecule has 0 aliphatic carbocycles. The summed E-state index contributed by atoms with van der Waals surface area (Å²) in [5.41, 5.74) is 4.69. The van der Waals surface area contributed by atoms with Crippen molar-refractivity contribution in [2.45, 2.75) is 27.4 Å². The molecule has 0 atom stereocenters. The fourth-order valence-corrected chi connectivity index (χ4v) is 2.95. The molecular formula is C19H20ClN5O2. The van der Waals surface area contributed by atoms with Crippen molar-refractivity contribution in [3.8, 4) is 5.69 Å². The molecule has 0 saturated heterocycles. The van der Waals surface area contributed by atoms with Crippen LogP contribution in [0.5, 0.6) is 0 Å². The summed E-state index contributed by atoms with van der Waals surface area (Å²) in [6, 6.07) is 11.3. The number of benzene rings is 2. The van der Waals surface area contributed by atoms with Gasteiger partial charge in [-0.2, -0.15) is 9.36 Å². The Labute approximate surface area is 161 Å². The number of hydrogen-bond acceptors (Lipinski definition) is 5. The average Bonchev–Trinajstić information content (AvgIpc) is 2.97. The lowest BCUT2D eigenvalue weighted by Gasteiger charge is -2.11. The summed E-state index contributed by atoms with van der Waals surface area (Å²) in [5, 5.41) is 12.6. The molecule has 140 valence electrons. The number of oxime groups is 1. The first kappa shape index (κ1) is 18.8. The first-order valence-corrected chi connectivity index (χ1v) is 8.78. The number of rotatable bonds is 5. The number of hydrogen-bond donors (Lipinski definition) is 0. The largest absolute Gasteiger partial charge is 0.391 e. The van der Waals surface area contributed by atoms with Gasteiger partial charge in [-0.1, -0.05) is 41.0 Å². The van der Waals surface area contributed by atoms with Gasteiger partial charge >= 0.3 is 5.69 Å². The van der Waals surface area contributed by atoms with Crippen LogP contribution in [0.15, 0.2) is 46.3 Å². The highest BCUT2D eigenvalue weighted by Crippen LogP contribution is 2.21. The normalized spacial score (nSPS) is 11.7. The summed E-state index contributed by atoms with van der Waals surface area (Å²) in [7, 11) is 1.55. The van der Waals surface area contributed by atoms with E-state index in [1.807, 2.05) is 51.1 Å². The Bertz CT molecular complexity index is 1070. The van der Waals surface area contributed by atoms with Crippen LogP contribution in [-0.4, -0.2) is 25.5 Å². The maximum atomic E-state index is 12.2. The Balaban J connectivity index is 1.88. The SMILES string of the molecule is C/C(=N/OCc1c(C)cccc1-n1nnn(C)c1=O)c1cccc(Cl)c1C. The van der Waals surface area contributed by atoms with Gasteiger partial charge in [0, 0.05) is 23.2 Å². The molecule has 0 bridgehead atoms. The standard InChI is InChI=1S/C19H20ClN5O2/c1-12-7-5-10-18(25-19(26)24(4)22-23-25)16(12)11-27-21-14(3)15-8-6-9-17(20)13(15)2/h5-10H,11H2,1-4H3/b21-14-. The monoisotopic (exact) mass is 385 g/mol. The quantitative estimate of drug-likeness (QED) is 0.499. The zero-order valence-electron chi connectivity index (χ0n) is 15.6. The van der Waals surface area contributed by atoms with Crippen LogP contribution in [0.25, 0.3) is 5.69 Å². The summed E-state index contributed by atoms with van der Waals surface area (Å²) < 4.78 is 2.43. The van der Waals surface area contributed by atoms with Crippen LogP contribution in [-0.2, 0) is 18.5 Å². The third-order valence-electron chi connectivity index (χ3n) is 4.40. The predicted molar refractivity (Wildman–Crippen MR) is 105 cm³/mol. The Morgan fingerprint density at radius 2 is 1.93 bits per heavy atom. The molecule has 1 aromatic heterocycles. The maximum Gasteiger partial charge on any atom is 0.368 e. The lowest BCUT2D eigenvalue weighted by Crippen LogP contribution is -2.23. The minimum Gasteiger partial charge on any atom is -0.391 e. The lowest BCUT2D eigenvalue weighted by atomic mass is 10.1. The van der Waals surface area contributed by atoms with E-state index in [2.05, 4.69) is 15.6 Å². The molecular weight excluding hydrogens is 366 g/mol. The molecule has 0 aliphatic heterocycles. The Hall–Kier alpha value is -2.93. The number of nitrogens with zero attached hydrogens (tertiary/aromatic N) is 5. The molecule has 2 aromatic carbocycles. The molecule has 0 N–H and O–H groups in total. The molecule has 7 nitrogen and oxygen atoms in total. The second-order valence-corrected chi connectivity index (χ2v) is 6.64. The van der Waals surface area contributed by atoms with Crippen LogP contribution in [0.4, 0.5) is 0 Å². The van der Waals surface area contributed by atoms with Gasteiger partial charge in [-0.25, -0.2) is 4.79 Å². The predicted octanol–water partition coefficient (Wildman–Crippen LogP) is 3.18. The molecule has 0 unspecified atom stereocenters. The van der Waals surface area contributed by atoms with Gasteiger partial charge in [-0.15, -0.1) is 0 Å². The van der Waals surface area contributed by atoms with Crippen molar-refractivity contribution in [1.29, 1.82) is 0 Å². The van der Waals surface area contributed by atoms with Gasteiger partial charge in [0.1, 0.15) is 6.61 Å².